The number of hydrogen-bond acceptors (Lipinski definition) is 4. The number of amides is 1. The Morgan fingerprint density at radius 1 is 1.00 bits per heavy atom. The third-order valence-corrected chi connectivity index (χ3v) is 3.99. The van der Waals surface area contributed by atoms with Gasteiger partial charge in [0.05, 0.1) is 18.7 Å². The van der Waals surface area contributed by atoms with Crippen molar-refractivity contribution in [3.05, 3.63) is 65.7 Å². The lowest BCUT2D eigenvalue weighted by atomic mass is 9.96. The quantitative estimate of drug-likeness (QED) is 0.708. The van der Waals surface area contributed by atoms with Crippen LogP contribution in [0.2, 0.25) is 0 Å². The van der Waals surface area contributed by atoms with Gasteiger partial charge in [-0.3, -0.25) is 4.79 Å². The smallest absolute Gasteiger partial charge is 0.338 e. The van der Waals surface area contributed by atoms with Gasteiger partial charge in [0.1, 0.15) is 0 Å². The van der Waals surface area contributed by atoms with Gasteiger partial charge >= 0.3 is 5.97 Å². The standard InChI is InChI=1S/C21H26N2O3/c1-4-26-21(25)17-10-12-18(13-11-17)23-19(24)14-22-20(15(2)3)16-8-6-5-7-9-16/h5-13,15,20,22H,4,14H2,1-3H3,(H,23,24)/t20-/m0/s1. The van der Waals surface area contributed by atoms with Crippen LogP contribution in [0.15, 0.2) is 54.6 Å². The molecule has 2 aromatic carbocycles. The molecule has 0 aliphatic heterocycles. The molecule has 0 spiro atoms. The first-order valence-corrected chi connectivity index (χ1v) is 8.86. The molecule has 2 aromatic rings. The minimum absolute atomic E-state index is 0.105. The topological polar surface area (TPSA) is 67.4 Å². The molecule has 0 aromatic heterocycles. The summed E-state index contributed by atoms with van der Waals surface area (Å²) in [6, 6.07) is 16.9. The normalized spacial score (nSPS) is 11.8. The molecule has 2 N–H and O–H groups in total. The summed E-state index contributed by atoms with van der Waals surface area (Å²) in [5.41, 5.74) is 2.27. The maximum absolute atomic E-state index is 12.2. The van der Waals surface area contributed by atoms with E-state index in [0.717, 1.165) is 5.56 Å². The van der Waals surface area contributed by atoms with Crippen molar-refractivity contribution >= 4 is 17.6 Å². The van der Waals surface area contributed by atoms with Crippen LogP contribution in [0.4, 0.5) is 5.69 Å². The average molecular weight is 354 g/mol. The third-order valence-electron chi connectivity index (χ3n) is 3.99. The van der Waals surface area contributed by atoms with Crippen LogP contribution in [-0.4, -0.2) is 25.0 Å². The first-order chi connectivity index (χ1) is 12.5. The Labute approximate surface area is 154 Å². The molecule has 0 bridgehead atoms. The van der Waals surface area contributed by atoms with Crippen LogP contribution >= 0.6 is 0 Å². The number of carbonyl (C=O) groups is 2. The van der Waals surface area contributed by atoms with Gasteiger partial charge in [-0.2, -0.15) is 0 Å². The number of hydrogen-bond donors (Lipinski definition) is 2. The van der Waals surface area contributed by atoms with Gasteiger partial charge in [-0.05, 0) is 42.7 Å². The summed E-state index contributed by atoms with van der Waals surface area (Å²) in [5, 5.41) is 6.15. The molecule has 1 amide bonds. The summed E-state index contributed by atoms with van der Waals surface area (Å²) >= 11 is 0. The van der Waals surface area contributed by atoms with Gasteiger partial charge in [0, 0.05) is 11.7 Å². The Morgan fingerprint density at radius 3 is 2.23 bits per heavy atom. The molecular formula is C21H26N2O3. The molecule has 0 fully saturated rings. The van der Waals surface area contributed by atoms with Crippen molar-refractivity contribution in [1.82, 2.24) is 5.32 Å². The van der Waals surface area contributed by atoms with Gasteiger partial charge in [-0.1, -0.05) is 44.2 Å². The number of rotatable bonds is 8. The number of benzene rings is 2. The second-order valence-electron chi connectivity index (χ2n) is 6.36. The Bertz CT molecular complexity index is 712. The predicted molar refractivity (Wildman–Crippen MR) is 103 cm³/mol. The maximum atomic E-state index is 12.2. The minimum atomic E-state index is -0.366. The van der Waals surface area contributed by atoms with E-state index in [1.807, 2.05) is 18.2 Å². The molecule has 5 heteroatoms. The maximum Gasteiger partial charge on any atom is 0.338 e. The second-order valence-corrected chi connectivity index (χ2v) is 6.36. The largest absolute Gasteiger partial charge is 0.462 e. The molecular weight excluding hydrogens is 328 g/mol. The number of anilines is 1. The van der Waals surface area contributed by atoms with Gasteiger partial charge in [-0.15, -0.1) is 0 Å². The van der Waals surface area contributed by atoms with Crippen LogP contribution in [0.3, 0.4) is 0 Å². The summed E-state index contributed by atoms with van der Waals surface area (Å²) in [4.78, 5) is 23.9. The van der Waals surface area contributed by atoms with E-state index in [1.165, 1.54) is 0 Å². The fourth-order valence-corrected chi connectivity index (χ4v) is 2.71. The number of carbonyl (C=O) groups excluding carboxylic acids is 2. The van der Waals surface area contributed by atoms with Crippen molar-refractivity contribution in [2.24, 2.45) is 5.92 Å². The van der Waals surface area contributed by atoms with Gasteiger partial charge in [0.2, 0.25) is 5.91 Å². The van der Waals surface area contributed by atoms with Crippen LogP contribution in [-0.2, 0) is 9.53 Å². The van der Waals surface area contributed by atoms with Gasteiger partial charge in [0.25, 0.3) is 0 Å². The van der Waals surface area contributed by atoms with Crippen molar-refractivity contribution in [2.45, 2.75) is 26.8 Å². The zero-order chi connectivity index (χ0) is 18.9. The summed E-state index contributed by atoms with van der Waals surface area (Å²) in [6.45, 7) is 6.55. The molecule has 0 unspecified atom stereocenters. The lowest BCUT2D eigenvalue weighted by Gasteiger charge is -2.22. The van der Waals surface area contributed by atoms with E-state index in [2.05, 4.69) is 36.6 Å². The van der Waals surface area contributed by atoms with Crippen LogP contribution in [0, 0.1) is 5.92 Å². The summed E-state index contributed by atoms with van der Waals surface area (Å²) in [5.74, 6) is -0.140. The van der Waals surface area contributed by atoms with Crippen molar-refractivity contribution in [1.29, 1.82) is 0 Å². The molecule has 138 valence electrons. The Balaban J connectivity index is 1.90. The Morgan fingerprint density at radius 2 is 1.65 bits per heavy atom. The lowest BCUT2D eigenvalue weighted by Crippen LogP contribution is -2.33. The Kier molecular flexibility index (Phi) is 7.36. The average Bonchev–Trinajstić information content (AvgIpc) is 2.63. The van der Waals surface area contributed by atoms with E-state index in [9.17, 15) is 9.59 Å². The highest BCUT2D eigenvalue weighted by Crippen LogP contribution is 2.21. The number of ether oxygens (including phenoxy) is 1. The van der Waals surface area contributed by atoms with E-state index >= 15 is 0 Å². The molecule has 0 heterocycles. The third kappa shape index (κ3) is 5.70. The van der Waals surface area contributed by atoms with Crippen molar-refractivity contribution < 1.29 is 14.3 Å². The highest BCUT2D eigenvalue weighted by Gasteiger charge is 2.16. The SMILES string of the molecule is CCOC(=O)c1ccc(NC(=O)CN[C@H](c2ccccc2)C(C)C)cc1. The highest BCUT2D eigenvalue weighted by atomic mass is 16.5. The van der Waals surface area contributed by atoms with Gasteiger partial charge in [-0.25, -0.2) is 4.79 Å². The molecule has 2 rings (SSSR count). The zero-order valence-electron chi connectivity index (χ0n) is 15.5. The number of esters is 1. The molecule has 0 aliphatic carbocycles. The second kappa shape index (κ2) is 9.73. The van der Waals surface area contributed by atoms with Crippen LogP contribution < -0.4 is 10.6 Å². The molecule has 0 radical (unpaired) electrons. The van der Waals surface area contributed by atoms with Crippen LogP contribution in [0.5, 0.6) is 0 Å². The molecule has 0 saturated carbocycles. The fourth-order valence-electron chi connectivity index (χ4n) is 2.71. The zero-order valence-corrected chi connectivity index (χ0v) is 15.5. The first kappa shape index (κ1) is 19.7. The van der Waals surface area contributed by atoms with Crippen molar-refractivity contribution in [2.75, 3.05) is 18.5 Å². The van der Waals surface area contributed by atoms with Crippen LogP contribution in [0.1, 0.15) is 42.7 Å². The van der Waals surface area contributed by atoms with E-state index in [0.29, 0.717) is 23.8 Å². The summed E-state index contributed by atoms with van der Waals surface area (Å²) < 4.78 is 4.94. The van der Waals surface area contributed by atoms with E-state index in [-0.39, 0.29) is 24.5 Å². The lowest BCUT2D eigenvalue weighted by molar-refractivity contribution is -0.115. The van der Waals surface area contributed by atoms with Crippen LogP contribution in [0.25, 0.3) is 0 Å². The van der Waals surface area contributed by atoms with Gasteiger partial charge < -0.3 is 15.4 Å². The predicted octanol–water partition coefficient (Wildman–Crippen LogP) is 3.79. The molecule has 5 nitrogen and oxygen atoms in total. The van der Waals surface area contributed by atoms with Gasteiger partial charge in [0.15, 0.2) is 0 Å². The molecule has 0 saturated heterocycles. The van der Waals surface area contributed by atoms with Crippen molar-refractivity contribution in [3.8, 4) is 0 Å². The monoisotopic (exact) mass is 354 g/mol. The van der Waals surface area contributed by atoms with E-state index in [4.69, 9.17) is 4.74 Å². The Hall–Kier alpha value is -2.66. The van der Waals surface area contributed by atoms with E-state index in [1.54, 1.807) is 31.2 Å². The molecule has 1 atom stereocenters. The highest BCUT2D eigenvalue weighted by molar-refractivity contribution is 5.94. The minimum Gasteiger partial charge on any atom is -0.462 e. The van der Waals surface area contributed by atoms with Crippen molar-refractivity contribution in [3.63, 3.8) is 0 Å². The first-order valence-electron chi connectivity index (χ1n) is 8.86. The summed E-state index contributed by atoms with van der Waals surface area (Å²) in [6.07, 6.45) is 0. The molecule has 0 aliphatic rings. The number of nitrogens with one attached hydrogen (secondary N) is 2. The van der Waals surface area contributed by atoms with E-state index < -0.39 is 0 Å². The fraction of sp³-hybridized carbons (Fsp3) is 0.333. The summed E-state index contributed by atoms with van der Waals surface area (Å²) in [7, 11) is 0. The molecule has 26 heavy (non-hydrogen) atoms.